The van der Waals surface area contributed by atoms with E-state index in [1.165, 1.54) is 7.11 Å². The van der Waals surface area contributed by atoms with Crippen LogP contribution in [-0.4, -0.2) is 24.8 Å². The molecule has 1 unspecified atom stereocenters. The van der Waals surface area contributed by atoms with Gasteiger partial charge in [-0.2, -0.15) is 5.26 Å². The minimum Gasteiger partial charge on any atom is -1.00 e. The van der Waals surface area contributed by atoms with Gasteiger partial charge in [0.1, 0.15) is 0 Å². The van der Waals surface area contributed by atoms with E-state index in [-0.39, 0.29) is 31.0 Å². The minimum absolute atomic E-state index is 0. The smallest absolute Gasteiger partial charge is 1.00 e. The molecule has 4 nitrogen and oxygen atoms in total. The van der Waals surface area contributed by atoms with Crippen LogP contribution in [-0.2, 0) is 9.53 Å². The van der Waals surface area contributed by atoms with Crippen molar-refractivity contribution in [2.45, 2.75) is 0 Å². The van der Waals surface area contributed by atoms with E-state index in [0.717, 1.165) is 0 Å². The Balaban J connectivity index is -0.000000320. The molecule has 0 aliphatic rings. The molecule has 1 N–H and O–H groups in total. The van der Waals surface area contributed by atoms with E-state index < -0.39 is 18.5 Å². The van der Waals surface area contributed by atoms with Crippen molar-refractivity contribution < 1.29 is 45.6 Å². The summed E-state index contributed by atoms with van der Waals surface area (Å²) in [5, 5.41) is 16.4. The summed E-state index contributed by atoms with van der Waals surface area (Å²) in [4.78, 5) is 10.4. The molecule has 0 aromatic heterocycles. The minimum atomic E-state index is -1.03. The fourth-order valence-corrected chi connectivity index (χ4v) is 0.310. The van der Waals surface area contributed by atoms with Crippen LogP contribution >= 0.6 is 0 Å². The number of aliphatic hydroxyl groups is 1. The first kappa shape index (κ1) is 12.6. The number of esters is 1. The summed E-state index contributed by atoms with van der Waals surface area (Å²) >= 11 is 0. The average Bonchev–Trinajstić information content (AvgIpc) is 1.90. The molecule has 0 rings (SSSR count). The third-order valence-electron chi connectivity index (χ3n) is 0.824. The van der Waals surface area contributed by atoms with Gasteiger partial charge in [-0.3, -0.25) is 4.79 Å². The summed E-state index contributed by atoms with van der Waals surface area (Å²) in [6.45, 7) is -0.483. The van der Waals surface area contributed by atoms with Crippen molar-refractivity contribution in [3.05, 3.63) is 0 Å². The van der Waals surface area contributed by atoms with Crippen LogP contribution in [0.25, 0.3) is 0 Å². The van der Waals surface area contributed by atoms with Crippen LogP contribution < -0.4 is 29.6 Å². The van der Waals surface area contributed by atoms with Gasteiger partial charge in [-0.15, -0.1) is 0 Å². The molecule has 0 fully saturated rings. The number of carbonyl (C=O) groups excluding carboxylic acids is 1. The zero-order valence-electron chi connectivity index (χ0n) is 7.00. The SMILES string of the molecule is COC(=O)C(C#N)CO.[H-].[Na+]. The number of rotatable bonds is 2. The molecular formula is C5H8NNaO3. The van der Waals surface area contributed by atoms with E-state index in [0.29, 0.717) is 0 Å². The number of nitriles is 1. The molecule has 52 valence electrons. The third kappa shape index (κ3) is 3.85. The molecule has 0 spiro atoms. The van der Waals surface area contributed by atoms with Gasteiger partial charge in [0, 0.05) is 0 Å². The second-order valence-electron chi connectivity index (χ2n) is 1.39. The first-order valence-electron chi connectivity index (χ1n) is 2.34. The third-order valence-corrected chi connectivity index (χ3v) is 0.824. The summed E-state index contributed by atoms with van der Waals surface area (Å²) in [7, 11) is 1.17. The maximum Gasteiger partial charge on any atom is 1.00 e. The molecule has 0 saturated carbocycles. The molecule has 0 aromatic rings. The Morgan fingerprint density at radius 1 is 2.00 bits per heavy atom. The van der Waals surface area contributed by atoms with Crippen LogP contribution in [0.15, 0.2) is 0 Å². The zero-order chi connectivity index (χ0) is 7.28. The monoisotopic (exact) mass is 153 g/mol. The van der Waals surface area contributed by atoms with E-state index in [2.05, 4.69) is 4.74 Å². The van der Waals surface area contributed by atoms with E-state index in [4.69, 9.17) is 10.4 Å². The summed E-state index contributed by atoms with van der Waals surface area (Å²) < 4.78 is 4.17. The number of nitrogens with zero attached hydrogens (tertiary/aromatic N) is 1. The Hall–Kier alpha value is -0.0800. The molecule has 1 atom stereocenters. The number of hydrogen-bond acceptors (Lipinski definition) is 4. The summed E-state index contributed by atoms with van der Waals surface area (Å²) in [6.07, 6.45) is 0. The van der Waals surface area contributed by atoms with Crippen LogP contribution in [0.1, 0.15) is 1.43 Å². The fraction of sp³-hybridized carbons (Fsp3) is 0.600. The zero-order valence-corrected chi connectivity index (χ0v) is 8.00. The average molecular weight is 153 g/mol. The van der Waals surface area contributed by atoms with Gasteiger partial charge in [0.15, 0.2) is 5.92 Å². The Kier molecular flexibility index (Phi) is 8.85. The van der Waals surface area contributed by atoms with Crippen molar-refractivity contribution in [3.8, 4) is 6.07 Å². The molecule has 0 amide bonds. The molecule has 0 bridgehead atoms. The molecule has 0 saturated heterocycles. The van der Waals surface area contributed by atoms with E-state index in [1.807, 2.05) is 0 Å². The topological polar surface area (TPSA) is 70.3 Å². The second kappa shape index (κ2) is 7.03. The van der Waals surface area contributed by atoms with Crippen molar-refractivity contribution >= 4 is 5.97 Å². The predicted molar refractivity (Wildman–Crippen MR) is 29.3 cm³/mol. The summed E-state index contributed by atoms with van der Waals surface area (Å²) in [5.41, 5.74) is 0. The van der Waals surface area contributed by atoms with E-state index in [1.54, 1.807) is 6.07 Å². The molecule has 0 aliphatic heterocycles. The van der Waals surface area contributed by atoms with Gasteiger partial charge in [0.05, 0.1) is 19.8 Å². The Bertz CT molecular complexity index is 147. The van der Waals surface area contributed by atoms with Gasteiger partial charge in [-0.05, 0) is 0 Å². The number of methoxy groups -OCH3 is 1. The Morgan fingerprint density at radius 3 is 2.60 bits per heavy atom. The molecule has 5 heteroatoms. The molecule has 0 aromatic carbocycles. The molecular weight excluding hydrogens is 145 g/mol. The second-order valence-corrected chi connectivity index (χ2v) is 1.39. The molecule has 0 aliphatic carbocycles. The number of ether oxygens (including phenoxy) is 1. The number of hydrogen-bond donors (Lipinski definition) is 1. The fourth-order valence-electron chi connectivity index (χ4n) is 0.310. The standard InChI is InChI=1S/C5H7NO3.Na.H/c1-9-5(8)4(2-6)3-7;;/h4,7H,3H2,1H3;;/q;+1;-1. The number of aliphatic hydroxyl groups excluding tert-OH is 1. The molecule has 10 heavy (non-hydrogen) atoms. The Morgan fingerprint density at radius 2 is 2.50 bits per heavy atom. The van der Waals surface area contributed by atoms with Gasteiger partial charge in [-0.1, -0.05) is 0 Å². The van der Waals surface area contributed by atoms with Crippen molar-refractivity contribution in [3.63, 3.8) is 0 Å². The van der Waals surface area contributed by atoms with Crippen molar-refractivity contribution in [1.82, 2.24) is 0 Å². The van der Waals surface area contributed by atoms with Gasteiger partial charge >= 0.3 is 35.5 Å². The van der Waals surface area contributed by atoms with Crippen LogP contribution in [0.4, 0.5) is 0 Å². The largest absolute Gasteiger partial charge is 1.00 e. The number of carbonyl (C=O) groups is 1. The van der Waals surface area contributed by atoms with Crippen molar-refractivity contribution in [2.75, 3.05) is 13.7 Å². The van der Waals surface area contributed by atoms with Crippen LogP contribution in [0, 0.1) is 17.2 Å². The van der Waals surface area contributed by atoms with Gasteiger partial charge in [0.2, 0.25) is 0 Å². The van der Waals surface area contributed by atoms with Crippen LogP contribution in [0.5, 0.6) is 0 Å². The normalized spacial score (nSPS) is 10.5. The summed E-state index contributed by atoms with van der Waals surface area (Å²) in [5.74, 6) is -1.73. The van der Waals surface area contributed by atoms with Gasteiger partial charge < -0.3 is 11.3 Å². The van der Waals surface area contributed by atoms with Crippen LogP contribution in [0.2, 0.25) is 0 Å². The predicted octanol–water partition coefficient (Wildman–Crippen LogP) is -3.59. The maximum atomic E-state index is 10.4. The first-order valence-corrected chi connectivity index (χ1v) is 2.34. The Labute approximate surface area is 82.6 Å². The van der Waals surface area contributed by atoms with E-state index in [9.17, 15) is 4.79 Å². The maximum absolute atomic E-state index is 10.4. The van der Waals surface area contributed by atoms with Gasteiger partial charge in [-0.25, -0.2) is 0 Å². The first-order chi connectivity index (χ1) is 4.26. The van der Waals surface area contributed by atoms with Crippen molar-refractivity contribution in [1.29, 1.82) is 5.26 Å². The summed E-state index contributed by atoms with van der Waals surface area (Å²) in [6, 6.07) is 1.58. The quantitative estimate of drug-likeness (QED) is 0.329. The van der Waals surface area contributed by atoms with Crippen LogP contribution in [0.3, 0.4) is 0 Å². The molecule has 0 heterocycles. The van der Waals surface area contributed by atoms with Crippen molar-refractivity contribution in [2.24, 2.45) is 5.92 Å². The van der Waals surface area contributed by atoms with E-state index >= 15 is 0 Å². The molecule has 0 radical (unpaired) electrons. The van der Waals surface area contributed by atoms with Gasteiger partial charge in [0.25, 0.3) is 0 Å².